The zero-order valence-electron chi connectivity index (χ0n) is 6.61. The van der Waals surface area contributed by atoms with Gasteiger partial charge in [-0.15, -0.1) is 24.0 Å². The van der Waals surface area contributed by atoms with Gasteiger partial charge in [0.05, 0.1) is 11.3 Å². The highest BCUT2D eigenvalue weighted by Crippen LogP contribution is 2.34. The van der Waals surface area contributed by atoms with Crippen molar-refractivity contribution in [3.63, 3.8) is 0 Å². The molecule has 0 unspecified atom stereocenters. The summed E-state index contributed by atoms with van der Waals surface area (Å²) in [5.74, 6) is 0. The first-order valence-electron chi connectivity index (χ1n) is 3.63. The van der Waals surface area contributed by atoms with E-state index in [1.54, 1.807) is 17.4 Å². The summed E-state index contributed by atoms with van der Waals surface area (Å²) in [5, 5.41) is 11.5. The Kier molecular flexibility index (Phi) is 1.91. The van der Waals surface area contributed by atoms with Gasteiger partial charge in [-0.25, -0.2) is 0 Å². The van der Waals surface area contributed by atoms with Crippen LogP contribution in [-0.2, 0) is 0 Å². The second kappa shape index (κ2) is 2.95. The van der Waals surface area contributed by atoms with Gasteiger partial charge in [0.2, 0.25) is 0 Å². The van der Waals surface area contributed by atoms with Crippen molar-refractivity contribution in [2.75, 3.05) is 5.73 Å². The Morgan fingerprint density at radius 2 is 2.23 bits per heavy atom. The number of hydrogen-bond acceptors (Lipinski definition) is 4. The number of nitrogens with zero attached hydrogens (tertiary/aromatic N) is 1. The molecule has 64 valence electrons. The number of nitrogen functional groups attached to an aromatic ring is 1. The largest absolute Gasteiger partial charge is 0.398 e. The highest BCUT2D eigenvalue weighted by atomic mass is 32.1. The molecule has 2 N–H and O–H groups in total. The van der Waals surface area contributed by atoms with Gasteiger partial charge in [-0.1, -0.05) is 0 Å². The third-order valence-corrected chi connectivity index (χ3v) is 3.29. The molecular weight excluding hydrogens is 200 g/mol. The third kappa shape index (κ3) is 1.17. The van der Waals surface area contributed by atoms with Crippen LogP contribution in [0.3, 0.4) is 0 Å². The summed E-state index contributed by atoms with van der Waals surface area (Å²) in [6, 6.07) is 5.74. The first kappa shape index (κ1) is 8.42. The fourth-order valence-electron chi connectivity index (χ4n) is 1.23. The minimum Gasteiger partial charge on any atom is -0.398 e. The van der Waals surface area contributed by atoms with E-state index < -0.39 is 0 Å². The Hall–Kier alpha value is -1.18. The van der Waals surface area contributed by atoms with Crippen LogP contribution in [0, 0.1) is 11.3 Å². The van der Waals surface area contributed by atoms with Crippen LogP contribution in [0.25, 0.3) is 10.1 Å². The van der Waals surface area contributed by atoms with Crippen molar-refractivity contribution in [2.24, 2.45) is 0 Å². The summed E-state index contributed by atoms with van der Waals surface area (Å²) in [4.78, 5) is 0.679. The maximum atomic E-state index is 8.77. The van der Waals surface area contributed by atoms with Crippen LogP contribution in [0.2, 0.25) is 0 Å². The van der Waals surface area contributed by atoms with Crippen molar-refractivity contribution in [1.82, 2.24) is 0 Å². The normalized spacial score (nSPS) is 10.2. The number of fused-ring (bicyclic) bond motifs is 1. The van der Waals surface area contributed by atoms with E-state index in [0.29, 0.717) is 16.1 Å². The van der Waals surface area contributed by atoms with Gasteiger partial charge in [-0.2, -0.15) is 5.26 Å². The highest BCUT2D eigenvalue weighted by molar-refractivity contribution is 7.80. The first-order valence-corrected chi connectivity index (χ1v) is 4.95. The second-order valence-electron chi connectivity index (χ2n) is 2.64. The van der Waals surface area contributed by atoms with Crippen LogP contribution < -0.4 is 5.73 Å². The van der Waals surface area contributed by atoms with E-state index in [2.05, 4.69) is 18.7 Å². The number of thiophene rings is 1. The Morgan fingerprint density at radius 1 is 1.46 bits per heavy atom. The number of nitriles is 1. The van der Waals surface area contributed by atoms with E-state index in [4.69, 9.17) is 11.0 Å². The van der Waals surface area contributed by atoms with Gasteiger partial charge in [-0.05, 0) is 12.1 Å². The van der Waals surface area contributed by atoms with Crippen molar-refractivity contribution >= 4 is 39.7 Å². The predicted octanol–water partition coefficient (Wildman–Crippen LogP) is 2.64. The SMILES string of the molecule is N#Cc1ccc2scc(N)c2c1S. The zero-order chi connectivity index (χ0) is 9.42. The Balaban J connectivity index is 2.93. The minimum absolute atomic E-state index is 0.570. The van der Waals surface area contributed by atoms with Crippen molar-refractivity contribution in [2.45, 2.75) is 4.90 Å². The summed E-state index contributed by atoms with van der Waals surface area (Å²) in [6.07, 6.45) is 0. The molecule has 0 radical (unpaired) electrons. The van der Waals surface area contributed by atoms with Crippen LogP contribution in [-0.4, -0.2) is 0 Å². The summed E-state index contributed by atoms with van der Waals surface area (Å²) in [6.45, 7) is 0. The molecule has 2 aromatic rings. The molecule has 1 heterocycles. The van der Waals surface area contributed by atoms with Crippen molar-refractivity contribution in [3.05, 3.63) is 23.1 Å². The average molecular weight is 206 g/mol. The number of nitrogens with two attached hydrogens (primary N) is 1. The smallest absolute Gasteiger partial charge is 0.100 e. The lowest BCUT2D eigenvalue weighted by atomic mass is 10.1. The molecule has 13 heavy (non-hydrogen) atoms. The molecular formula is C9H6N2S2. The minimum atomic E-state index is 0.570. The van der Waals surface area contributed by atoms with Gasteiger partial charge < -0.3 is 5.73 Å². The molecule has 0 saturated carbocycles. The lowest BCUT2D eigenvalue weighted by Gasteiger charge is -1.98. The number of thiol groups is 1. The van der Waals surface area contributed by atoms with Crippen LogP contribution in [0.5, 0.6) is 0 Å². The molecule has 0 fully saturated rings. The maximum absolute atomic E-state index is 8.77. The Bertz CT molecular complexity index is 508. The van der Waals surface area contributed by atoms with Crippen LogP contribution in [0.1, 0.15) is 5.56 Å². The maximum Gasteiger partial charge on any atom is 0.100 e. The summed E-state index contributed by atoms with van der Waals surface area (Å²) in [5.41, 5.74) is 7.02. The van der Waals surface area contributed by atoms with Gasteiger partial charge in [0.1, 0.15) is 6.07 Å². The predicted molar refractivity (Wildman–Crippen MR) is 58.2 cm³/mol. The van der Waals surface area contributed by atoms with Gasteiger partial charge in [0.25, 0.3) is 0 Å². The lowest BCUT2D eigenvalue weighted by molar-refractivity contribution is 1.43. The van der Waals surface area contributed by atoms with Gasteiger partial charge in [-0.3, -0.25) is 0 Å². The van der Waals surface area contributed by atoms with E-state index in [-0.39, 0.29) is 0 Å². The molecule has 4 heteroatoms. The van der Waals surface area contributed by atoms with Crippen molar-refractivity contribution < 1.29 is 0 Å². The molecule has 0 aliphatic carbocycles. The number of benzene rings is 1. The Morgan fingerprint density at radius 3 is 2.92 bits per heavy atom. The number of anilines is 1. The van der Waals surface area contributed by atoms with Gasteiger partial charge in [0, 0.05) is 20.4 Å². The summed E-state index contributed by atoms with van der Waals surface area (Å²) in [7, 11) is 0. The molecule has 0 aliphatic heterocycles. The molecule has 0 bridgehead atoms. The molecule has 1 aromatic carbocycles. The molecule has 0 atom stereocenters. The molecule has 2 nitrogen and oxygen atoms in total. The molecule has 2 rings (SSSR count). The number of hydrogen-bond donors (Lipinski definition) is 2. The zero-order valence-corrected chi connectivity index (χ0v) is 8.32. The van der Waals surface area contributed by atoms with Crippen LogP contribution in [0.4, 0.5) is 5.69 Å². The highest BCUT2D eigenvalue weighted by Gasteiger charge is 2.07. The average Bonchev–Trinajstić information content (AvgIpc) is 2.49. The molecule has 0 spiro atoms. The molecule has 0 saturated heterocycles. The fourth-order valence-corrected chi connectivity index (χ4v) is 2.53. The van der Waals surface area contributed by atoms with Crippen LogP contribution >= 0.6 is 24.0 Å². The summed E-state index contributed by atoms with van der Waals surface area (Å²) < 4.78 is 1.07. The Labute approximate surface area is 85.0 Å². The van der Waals surface area contributed by atoms with Crippen molar-refractivity contribution in [3.8, 4) is 6.07 Å². The van der Waals surface area contributed by atoms with Crippen molar-refractivity contribution in [1.29, 1.82) is 5.26 Å². The van der Waals surface area contributed by atoms with E-state index in [1.165, 1.54) is 0 Å². The molecule has 1 aromatic heterocycles. The lowest BCUT2D eigenvalue weighted by Crippen LogP contribution is -1.84. The first-order chi connectivity index (χ1) is 6.24. The van der Waals surface area contributed by atoms with Gasteiger partial charge in [0.15, 0.2) is 0 Å². The van der Waals surface area contributed by atoms with E-state index >= 15 is 0 Å². The van der Waals surface area contributed by atoms with E-state index in [9.17, 15) is 0 Å². The second-order valence-corrected chi connectivity index (χ2v) is 4.00. The quantitative estimate of drug-likeness (QED) is 0.651. The standard InChI is InChI=1S/C9H6N2S2/c10-3-5-1-2-7-8(9(5)12)6(11)4-13-7/h1-2,4,12H,11H2. The van der Waals surface area contributed by atoms with Crippen LogP contribution in [0.15, 0.2) is 22.4 Å². The van der Waals surface area contributed by atoms with E-state index in [1.807, 2.05) is 11.4 Å². The molecule has 0 aliphatic rings. The monoisotopic (exact) mass is 206 g/mol. The summed E-state index contributed by atoms with van der Waals surface area (Å²) >= 11 is 5.85. The third-order valence-electron chi connectivity index (χ3n) is 1.86. The number of rotatable bonds is 0. The fraction of sp³-hybridized carbons (Fsp3) is 0. The van der Waals surface area contributed by atoms with Gasteiger partial charge >= 0.3 is 0 Å². The van der Waals surface area contributed by atoms with E-state index in [0.717, 1.165) is 10.1 Å². The molecule has 0 amide bonds. The topological polar surface area (TPSA) is 49.8 Å².